The first kappa shape index (κ1) is 22.1. The van der Waals surface area contributed by atoms with Crippen LogP contribution < -0.4 is 0 Å². The summed E-state index contributed by atoms with van der Waals surface area (Å²) in [7, 11) is -3.84. The molecule has 2 heterocycles. The number of hydrogen-bond acceptors (Lipinski definition) is 4. The number of furan rings is 1. The summed E-state index contributed by atoms with van der Waals surface area (Å²) < 4.78 is 46.8. The number of sulfonamides is 1. The first-order valence-corrected chi connectivity index (χ1v) is 10.9. The van der Waals surface area contributed by atoms with Crippen LogP contribution in [0.4, 0.5) is 4.39 Å². The number of nitrogens with zero attached hydrogens (tertiary/aromatic N) is 2. The van der Waals surface area contributed by atoms with Crippen LogP contribution in [0.1, 0.15) is 12.2 Å². The van der Waals surface area contributed by atoms with Gasteiger partial charge in [-0.05, 0) is 49.4 Å². The second-order valence-corrected chi connectivity index (χ2v) is 9.20. The zero-order valence-electron chi connectivity index (χ0n) is 15.6. The summed E-state index contributed by atoms with van der Waals surface area (Å²) >= 11 is 6.02. The van der Waals surface area contributed by atoms with Crippen LogP contribution in [0.2, 0.25) is 5.02 Å². The Labute approximate surface area is 180 Å². The highest BCUT2D eigenvalue weighted by Gasteiger charge is 2.29. The molecule has 0 radical (unpaired) electrons. The summed E-state index contributed by atoms with van der Waals surface area (Å²) in [6.07, 6.45) is 0.666. The van der Waals surface area contributed by atoms with Gasteiger partial charge < -0.3 is 4.42 Å². The molecule has 3 aromatic rings. The molecule has 0 atom stereocenters. The van der Waals surface area contributed by atoms with Crippen molar-refractivity contribution in [2.24, 2.45) is 0 Å². The minimum atomic E-state index is -3.84. The average molecular weight is 459 g/mol. The summed E-state index contributed by atoms with van der Waals surface area (Å²) in [6.45, 7) is 2.54. The molecule has 0 bridgehead atoms. The highest BCUT2D eigenvalue weighted by Crippen LogP contribution is 2.25. The third-order valence-electron chi connectivity index (χ3n) is 4.91. The highest BCUT2D eigenvalue weighted by molar-refractivity contribution is 7.89. The van der Waals surface area contributed by atoms with E-state index in [9.17, 15) is 12.8 Å². The van der Waals surface area contributed by atoms with Gasteiger partial charge in [0.15, 0.2) is 0 Å². The largest absolute Gasteiger partial charge is 0.460 e. The molecule has 5 nitrogen and oxygen atoms in total. The lowest BCUT2D eigenvalue weighted by atomic mass is 10.2. The van der Waals surface area contributed by atoms with Gasteiger partial charge in [-0.15, -0.1) is 12.4 Å². The van der Waals surface area contributed by atoms with E-state index in [1.165, 1.54) is 28.6 Å². The topological polar surface area (TPSA) is 53.8 Å². The van der Waals surface area contributed by atoms with E-state index in [1.54, 1.807) is 6.07 Å². The summed E-state index contributed by atoms with van der Waals surface area (Å²) in [5.41, 5.74) is 0.776. The number of hydrogen-bond donors (Lipinski definition) is 0. The van der Waals surface area contributed by atoms with E-state index in [0.29, 0.717) is 37.6 Å². The standard InChI is InChI=1S/C20H20ClFN2O3S.ClH/c21-16-6-7-19-15(12-16)13-17(27-19)14-23-8-3-9-24(11-10-23)28(25,26)20-5-2-1-4-18(20)22;/h1-2,4-7,12-13H,3,8-11,14H2;1H. The molecule has 0 unspecified atom stereocenters. The maximum absolute atomic E-state index is 14.0. The summed E-state index contributed by atoms with van der Waals surface area (Å²) in [5.74, 6) is 0.0900. The maximum atomic E-state index is 14.0. The molecule has 2 aromatic carbocycles. The molecule has 9 heteroatoms. The number of halogens is 3. The van der Waals surface area contributed by atoms with Gasteiger partial charge in [0.25, 0.3) is 0 Å². The van der Waals surface area contributed by atoms with Gasteiger partial charge in [-0.1, -0.05) is 23.7 Å². The van der Waals surface area contributed by atoms with Gasteiger partial charge >= 0.3 is 0 Å². The quantitative estimate of drug-likeness (QED) is 0.575. The SMILES string of the molecule is Cl.O=S(=O)(c1ccccc1F)N1CCCN(Cc2cc3cc(Cl)ccc3o2)CC1. The Bertz CT molecular complexity index is 1100. The molecule has 156 valence electrons. The van der Waals surface area contributed by atoms with Gasteiger partial charge in [0.05, 0.1) is 6.54 Å². The van der Waals surface area contributed by atoms with Crippen molar-refractivity contribution in [3.05, 3.63) is 65.1 Å². The minimum Gasteiger partial charge on any atom is -0.460 e. The first-order valence-electron chi connectivity index (χ1n) is 9.08. The normalized spacial score (nSPS) is 16.5. The molecule has 0 aliphatic carbocycles. The van der Waals surface area contributed by atoms with Crippen LogP contribution in [0.3, 0.4) is 0 Å². The average Bonchev–Trinajstić information content (AvgIpc) is 2.89. The van der Waals surface area contributed by atoms with E-state index in [4.69, 9.17) is 16.0 Å². The fraction of sp³-hybridized carbons (Fsp3) is 0.300. The molecule has 0 spiro atoms. The third-order valence-corrected chi connectivity index (χ3v) is 7.08. The molecule has 1 fully saturated rings. The lowest BCUT2D eigenvalue weighted by Crippen LogP contribution is -2.35. The summed E-state index contributed by atoms with van der Waals surface area (Å²) in [6, 6.07) is 12.9. The molecular formula is C20H21Cl2FN2O3S. The predicted octanol–water partition coefficient (Wildman–Crippen LogP) is 4.54. The van der Waals surface area contributed by atoms with Crippen LogP contribution in [0.5, 0.6) is 0 Å². The number of rotatable bonds is 4. The smallest absolute Gasteiger partial charge is 0.246 e. The van der Waals surface area contributed by atoms with Crippen molar-refractivity contribution in [2.75, 3.05) is 26.2 Å². The Balaban J connectivity index is 0.00000240. The van der Waals surface area contributed by atoms with E-state index < -0.39 is 15.8 Å². The minimum absolute atomic E-state index is 0. The van der Waals surface area contributed by atoms with Gasteiger partial charge in [0, 0.05) is 30.0 Å². The van der Waals surface area contributed by atoms with Crippen LogP contribution in [0.25, 0.3) is 11.0 Å². The van der Waals surface area contributed by atoms with Gasteiger partial charge in [-0.25, -0.2) is 12.8 Å². The predicted molar refractivity (Wildman–Crippen MR) is 114 cm³/mol. The van der Waals surface area contributed by atoms with Crippen LogP contribution in [0, 0.1) is 5.82 Å². The third kappa shape index (κ3) is 4.75. The van der Waals surface area contributed by atoms with Gasteiger partial charge in [-0.3, -0.25) is 4.90 Å². The monoisotopic (exact) mass is 458 g/mol. The zero-order valence-corrected chi connectivity index (χ0v) is 17.9. The molecule has 1 aliphatic heterocycles. The van der Waals surface area contributed by atoms with E-state index in [-0.39, 0.29) is 17.3 Å². The van der Waals surface area contributed by atoms with E-state index in [2.05, 4.69) is 4.90 Å². The fourth-order valence-corrected chi connectivity index (χ4v) is 5.22. The van der Waals surface area contributed by atoms with Crippen molar-refractivity contribution < 1.29 is 17.2 Å². The molecule has 0 saturated carbocycles. The number of fused-ring (bicyclic) bond motifs is 1. The van der Waals surface area contributed by atoms with Crippen molar-refractivity contribution in [3.8, 4) is 0 Å². The van der Waals surface area contributed by atoms with Crippen LogP contribution in [-0.4, -0.2) is 43.8 Å². The Morgan fingerprint density at radius 2 is 1.83 bits per heavy atom. The van der Waals surface area contributed by atoms with E-state index in [0.717, 1.165) is 23.3 Å². The summed E-state index contributed by atoms with van der Waals surface area (Å²) in [4.78, 5) is 1.88. The molecule has 1 aliphatic rings. The Hall–Kier alpha value is -1.64. The summed E-state index contributed by atoms with van der Waals surface area (Å²) in [5, 5.41) is 1.60. The first-order chi connectivity index (χ1) is 13.4. The van der Waals surface area contributed by atoms with E-state index >= 15 is 0 Å². The Morgan fingerprint density at radius 1 is 1.03 bits per heavy atom. The van der Waals surface area contributed by atoms with Crippen LogP contribution in [0.15, 0.2) is 57.8 Å². The van der Waals surface area contributed by atoms with Crippen molar-refractivity contribution in [1.82, 2.24) is 9.21 Å². The van der Waals surface area contributed by atoms with Crippen molar-refractivity contribution >= 4 is 45.0 Å². The fourth-order valence-electron chi connectivity index (χ4n) is 3.51. The maximum Gasteiger partial charge on any atom is 0.246 e. The van der Waals surface area contributed by atoms with Crippen LogP contribution in [-0.2, 0) is 16.6 Å². The second kappa shape index (κ2) is 9.02. The molecule has 1 aromatic heterocycles. The molecule has 4 rings (SSSR count). The molecule has 29 heavy (non-hydrogen) atoms. The van der Waals surface area contributed by atoms with Gasteiger partial charge in [-0.2, -0.15) is 4.31 Å². The molecule has 0 N–H and O–H groups in total. The lowest BCUT2D eigenvalue weighted by molar-refractivity contribution is 0.258. The van der Waals surface area contributed by atoms with E-state index in [1.807, 2.05) is 18.2 Å². The highest BCUT2D eigenvalue weighted by atomic mass is 35.5. The second-order valence-electron chi connectivity index (χ2n) is 6.86. The van der Waals surface area contributed by atoms with Gasteiger partial charge in [0.1, 0.15) is 22.1 Å². The lowest BCUT2D eigenvalue weighted by Gasteiger charge is -2.21. The number of benzene rings is 2. The van der Waals surface area contributed by atoms with Gasteiger partial charge in [0.2, 0.25) is 10.0 Å². The van der Waals surface area contributed by atoms with Crippen molar-refractivity contribution in [2.45, 2.75) is 17.9 Å². The Kier molecular flexibility index (Phi) is 6.86. The van der Waals surface area contributed by atoms with Crippen molar-refractivity contribution in [1.29, 1.82) is 0 Å². The molecule has 1 saturated heterocycles. The molecular weight excluding hydrogens is 438 g/mol. The molecule has 0 amide bonds. The zero-order chi connectivity index (χ0) is 19.7. The van der Waals surface area contributed by atoms with Crippen LogP contribution >= 0.6 is 24.0 Å². The Morgan fingerprint density at radius 3 is 2.62 bits per heavy atom. The van der Waals surface area contributed by atoms with Crippen molar-refractivity contribution in [3.63, 3.8) is 0 Å².